The summed E-state index contributed by atoms with van der Waals surface area (Å²) in [4.78, 5) is 11.8. The molecule has 8 heteroatoms. The van der Waals surface area contributed by atoms with E-state index >= 15 is 0 Å². The number of hydrazine groups is 1. The van der Waals surface area contributed by atoms with Gasteiger partial charge in [0.25, 0.3) is 5.91 Å². The van der Waals surface area contributed by atoms with E-state index in [-0.39, 0.29) is 17.4 Å². The maximum atomic E-state index is 12.9. The minimum Gasteiger partial charge on any atom is -0.482 e. The molecule has 1 amide bonds. The van der Waals surface area contributed by atoms with Crippen molar-refractivity contribution in [1.82, 2.24) is 16.2 Å². The third kappa shape index (κ3) is 6.01. The van der Waals surface area contributed by atoms with E-state index in [9.17, 15) is 9.18 Å². The first-order valence-corrected chi connectivity index (χ1v) is 9.08. The van der Waals surface area contributed by atoms with Gasteiger partial charge >= 0.3 is 0 Å². The number of hydrogen-bond acceptors (Lipinski definition) is 3. The van der Waals surface area contributed by atoms with Crippen LogP contribution in [0.5, 0.6) is 5.75 Å². The van der Waals surface area contributed by atoms with Gasteiger partial charge in [0.2, 0.25) is 0 Å². The molecule has 1 aliphatic carbocycles. The number of rotatable bonds is 4. The van der Waals surface area contributed by atoms with Crippen molar-refractivity contribution >= 4 is 34.8 Å². The maximum Gasteiger partial charge on any atom is 0.276 e. The second-order valence-corrected chi connectivity index (χ2v) is 7.20. The van der Waals surface area contributed by atoms with Crippen LogP contribution in [-0.4, -0.2) is 23.7 Å². The Morgan fingerprint density at radius 2 is 2.12 bits per heavy atom. The summed E-state index contributed by atoms with van der Waals surface area (Å²) < 4.78 is 18.2. The van der Waals surface area contributed by atoms with E-state index in [4.69, 9.17) is 28.6 Å². The van der Waals surface area contributed by atoms with Gasteiger partial charge in [-0.05, 0) is 48.7 Å². The molecule has 0 bridgehead atoms. The van der Waals surface area contributed by atoms with Gasteiger partial charge in [0.15, 0.2) is 11.7 Å². The summed E-state index contributed by atoms with van der Waals surface area (Å²) >= 11 is 11.0. The zero-order chi connectivity index (χ0) is 18.4. The van der Waals surface area contributed by atoms with E-state index in [0.29, 0.717) is 23.0 Å². The Morgan fingerprint density at radius 1 is 1.36 bits per heavy atom. The molecule has 0 radical (unpaired) electrons. The fourth-order valence-electron chi connectivity index (χ4n) is 2.89. The van der Waals surface area contributed by atoms with Crippen LogP contribution in [0, 0.1) is 17.7 Å². The highest BCUT2D eigenvalue weighted by Gasteiger charge is 2.27. The lowest BCUT2D eigenvalue weighted by Crippen LogP contribution is -2.53. The molecular formula is C17H23ClFN3O2S. The van der Waals surface area contributed by atoms with Crippen LogP contribution in [0.3, 0.4) is 0 Å². The van der Waals surface area contributed by atoms with Gasteiger partial charge in [-0.25, -0.2) is 4.39 Å². The lowest BCUT2D eigenvalue weighted by molar-refractivity contribution is -0.123. The highest BCUT2D eigenvalue weighted by molar-refractivity contribution is 7.80. The molecule has 3 N–H and O–H groups in total. The normalized spacial score (nSPS) is 22.8. The van der Waals surface area contributed by atoms with Crippen LogP contribution < -0.4 is 20.9 Å². The van der Waals surface area contributed by atoms with Gasteiger partial charge in [0.1, 0.15) is 11.6 Å². The molecule has 0 saturated heterocycles. The van der Waals surface area contributed by atoms with E-state index in [1.165, 1.54) is 25.0 Å². The number of carbonyl (C=O) groups excluding carboxylic acids is 1. The zero-order valence-electron chi connectivity index (χ0n) is 14.3. The molecule has 1 fully saturated rings. The lowest BCUT2D eigenvalue weighted by Gasteiger charge is -2.35. The average Bonchev–Trinajstić information content (AvgIpc) is 2.56. The fourth-order valence-corrected chi connectivity index (χ4v) is 3.31. The van der Waals surface area contributed by atoms with Crippen molar-refractivity contribution < 1.29 is 13.9 Å². The summed E-state index contributed by atoms with van der Waals surface area (Å²) in [5, 5.41) is 3.73. The standard InChI is InChI=1S/C17H23ClFN3O2S/c1-10-4-3-5-14(11(10)2)20-17(25)22-21-16(23)9-24-15-7-6-12(19)8-13(15)18/h6-8,10-11,14H,3-5,9H2,1-2H3,(H,21,23)(H2,20,22,25)/t10-,11+,14+/m0/s1. The predicted molar refractivity (Wildman–Crippen MR) is 99.9 cm³/mol. The molecule has 1 aliphatic rings. The van der Waals surface area contributed by atoms with Gasteiger partial charge in [-0.2, -0.15) is 0 Å². The number of halogens is 2. The summed E-state index contributed by atoms with van der Waals surface area (Å²) in [6.07, 6.45) is 3.47. The largest absolute Gasteiger partial charge is 0.482 e. The molecule has 2 rings (SSSR count). The molecule has 0 heterocycles. The Labute approximate surface area is 157 Å². The van der Waals surface area contributed by atoms with E-state index in [1.54, 1.807) is 0 Å². The van der Waals surface area contributed by atoms with Crippen molar-refractivity contribution in [3.63, 3.8) is 0 Å². The van der Waals surface area contributed by atoms with E-state index in [0.717, 1.165) is 12.5 Å². The number of hydrogen-bond donors (Lipinski definition) is 3. The third-order valence-corrected chi connectivity index (χ3v) is 5.11. The van der Waals surface area contributed by atoms with E-state index in [1.807, 2.05) is 0 Å². The van der Waals surface area contributed by atoms with Crippen molar-refractivity contribution in [3.05, 3.63) is 29.0 Å². The average molecular weight is 388 g/mol. The van der Waals surface area contributed by atoms with Crippen molar-refractivity contribution in [1.29, 1.82) is 0 Å². The number of thiocarbonyl (C=S) groups is 1. The summed E-state index contributed by atoms with van der Waals surface area (Å²) in [5.41, 5.74) is 5.14. The van der Waals surface area contributed by atoms with Crippen molar-refractivity contribution in [3.8, 4) is 5.75 Å². The Balaban J connectivity index is 1.71. The van der Waals surface area contributed by atoms with Crippen molar-refractivity contribution in [2.75, 3.05) is 6.61 Å². The fraction of sp³-hybridized carbons (Fsp3) is 0.529. The van der Waals surface area contributed by atoms with E-state index in [2.05, 4.69) is 30.0 Å². The summed E-state index contributed by atoms with van der Waals surface area (Å²) in [7, 11) is 0. The lowest BCUT2D eigenvalue weighted by atomic mass is 9.78. The topological polar surface area (TPSA) is 62.4 Å². The molecular weight excluding hydrogens is 365 g/mol. The molecule has 0 spiro atoms. The van der Waals surface area contributed by atoms with Gasteiger partial charge in [0.05, 0.1) is 5.02 Å². The van der Waals surface area contributed by atoms with Crippen LogP contribution in [0.25, 0.3) is 0 Å². The Bertz CT molecular complexity index is 632. The van der Waals surface area contributed by atoms with Crippen molar-refractivity contribution in [2.24, 2.45) is 11.8 Å². The van der Waals surface area contributed by atoms with Crippen LogP contribution >= 0.6 is 23.8 Å². The monoisotopic (exact) mass is 387 g/mol. The van der Waals surface area contributed by atoms with Gasteiger partial charge in [-0.3, -0.25) is 15.6 Å². The first kappa shape index (κ1) is 19.7. The number of nitrogens with one attached hydrogen (secondary N) is 3. The maximum absolute atomic E-state index is 12.9. The smallest absolute Gasteiger partial charge is 0.276 e. The molecule has 1 aromatic carbocycles. The number of amides is 1. The van der Waals surface area contributed by atoms with Gasteiger partial charge < -0.3 is 10.1 Å². The number of ether oxygens (including phenoxy) is 1. The molecule has 0 unspecified atom stereocenters. The van der Waals surface area contributed by atoms with Crippen LogP contribution in [0.2, 0.25) is 5.02 Å². The predicted octanol–water partition coefficient (Wildman–Crippen LogP) is 3.18. The molecule has 1 aromatic rings. The minimum absolute atomic E-state index is 0.110. The number of benzene rings is 1. The van der Waals surface area contributed by atoms with Gasteiger partial charge in [-0.15, -0.1) is 0 Å². The van der Waals surface area contributed by atoms with Gasteiger partial charge in [0, 0.05) is 6.04 Å². The summed E-state index contributed by atoms with van der Waals surface area (Å²) in [6, 6.07) is 4.01. The first-order chi connectivity index (χ1) is 11.9. The molecule has 3 atom stereocenters. The van der Waals surface area contributed by atoms with Crippen LogP contribution in [0.1, 0.15) is 33.1 Å². The number of carbonyl (C=O) groups is 1. The Hall–Kier alpha value is -1.60. The quantitative estimate of drug-likeness (QED) is 0.547. The second-order valence-electron chi connectivity index (χ2n) is 6.38. The molecule has 0 aromatic heterocycles. The van der Waals surface area contributed by atoms with Gasteiger partial charge in [-0.1, -0.05) is 38.3 Å². The van der Waals surface area contributed by atoms with Crippen LogP contribution in [0.4, 0.5) is 4.39 Å². The highest BCUT2D eigenvalue weighted by Crippen LogP contribution is 2.29. The second kappa shape index (κ2) is 9.20. The zero-order valence-corrected chi connectivity index (χ0v) is 15.8. The van der Waals surface area contributed by atoms with Crippen LogP contribution in [-0.2, 0) is 4.79 Å². The Kier molecular flexibility index (Phi) is 7.25. The molecule has 5 nitrogen and oxygen atoms in total. The first-order valence-electron chi connectivity index (χ1n) is 8.30. The molecule has 1 saturated carbocycles. The summed E-state index contributed by atoms with van der Waals surface area (Å²) in [5.74, 6) is 0.523. The molecule has 138 valence electrons. The molecule has 25 heavy (non-hydrogen) atoms. The summed E-state index contributed by atoms with van der Waals surface area (Å²) in [6.45, 7) is 4.19. The highest BCUT2D eigenvalue weighted by atomic mass is 35.5. The van der Waals surface area contributed by atoms with E-state index < -0.39 is 11.7 Å². The SMILES string of the molecule is C[C@@H]1[C@@H](C)CCC[C@H]1NC(=S)NNC(=O)COc1ccc(F)cc1Cl. The Morgan fingerprint density at radius 3 is 2.84 bits per heavy atom. The minimum atomic E-state index is -0.467. The third-order valence-electron chi connectivity index (χ3n) is 4.59. The van der Waals surface area contributed by atoms with Crippen molar-refractivity contribution in [2.45, 2.75) is 39.2 Å². The molecule has 0 aliphatic heterocycles. The van der Waals surface area contributed by atoms with Crippen LogP contribution in [0.15, 0.2) is 18.2 Å².